The Balaban J connectivity index is 2.74. The number of tetrazole rings is 1. The van der Waals surface area contributed by atoms with Crippen molar-refractivity contribution in [3.8, 4) is 0 Å². The fraction of sp³-hybridized carbons (Fsp3) is 0.714. The van der Waals surface area contributed by atoms with E-state index in [0.29, 0.717) is 5.72 Å². The van der Waals surface area contributed by atoms with Crippen molar-refractivity contribution in [1.82, 2.24) is 20.2 Å². The highest BCUT2D eigenvalue weighted by molar-refractivity contribution is 14.1. The smallest absolute Gasteiger partial charge is 0.337 e. The van der Waals surface area contributed by atoms with Gasteiger partial charge in [-0.2, -0.15) is 0 Å². The van der Waals surface area contributed by atoms with Crippen LogP contribution in [0, 0.1) is 0 Å². The van der Waals surface area contributed by atoms with Crippen molar-refractivity contribution in [3.63, 3.8) is 0 Å². The molecule has 0 saturated heterocycles. The van der Waals surface area contributed by atoms with Crippen LogP contribution in [-0.4, -0.2) is 33.5 Å². The Morgan fingerprint density at radius 3 is 2.80 bits per heavy atom. The third-order valence-electron chi connectivity index (χ3n) is 1.49. The Kier molecular flexibility index (Phi) is 4.06. The standard InChI is InChI=1S/C7H11BIN4O2/c1-7(2,3)8-6-10-11-12-13(6)4-5(14)15-9/h4H2,1-3H3. The van der Waals surface area contributed by atoms with Gasteiger partial charge in [0.2, 0.25) is 7.28 Å². The van der Waals surface area contributed by atoms with Crippen LogP contribution in [0.25, 0.3) is 0 Å². The number of hydrogen-bond acceptors (Lipinski definition) is 5. The predicted octanol–water partition coefficient (Wildman–Crippen LogP) is 0.114. The zero-order chi connectivity index (χ0) is 11.5. The average molecular weight is 321 g/mol. The number of nitrogens with zero attached hydrogens (tertiary/aromatic N) is 4. The summed E-state index contributed by atoms with van der Waals surface area (Å²) < 4.78 is 5.92. The summed E-state index contributed by atoms with van der Waals surface area (Å²) in [5.41, 5.74) is 0.573. The molecule has 8 heteroatoms. The summed E-state index contributed by atoms with van der Waals surface area (Å²) in [6.07, 6.45) is 0. The zero-order valence-corrected chi connectivity index (χ0v) is 10.9. The quantitative estimate of drug-likeness (QED) is 0.584. The molecule has 1 heterocycles. The molecule has 0 aliphatic rings. The van der Waals surface area contributed by atoms with Gasteiger partial charge in [0.1, 0.15) is 12.3 Å². The van der Waals surface area contributed by atoms with E-state index in [1.165, 1.54) is 27.7 Å². The lowest BCUT2D eigenvalue weighted by Crippen LogP contribution is -2.34. The SMILES string of the molecule is CC(C)(C)[B]c1nnnn1CC(=O)OI. The molecule has 0 aliphatic heterocycles. The molecule has 6 nitrogen and oxygen atoms in total. The molecule has 0 fully saturated rings. The van der Waals surface area contributed by atoms with Crippen molar-refractivity contribution in [2.24, 2.45) is 0 Å². The molecule has 0 bridgehead atoms. The van der Waals surface area contributed by atoms with Crippen LogP contribution in [-0.2, 0) is 14.4 Å². The van der Waals surface area contributed by atoms with Gasteiger partial charge in [-0.05, 0) is 10.4 Å². The molecule has 0 N–H and O–H groups in total. The van der Waals surface area contributed by atoms with Crippen molar-refractivity contribution in [2.75, 3.05) is 0 Å². The van der Waals surface area contributed by atoms with E-state index < -0.39 is 0 Å². The van der Waals surface area contributed by atoms with Gasteiger partial charge in [-0.25, -0.2) is 9.48 Å². The maximum absolute atomic E-state index is 11.0. The van der Waals surface area contributed by atoms with E-state index in [9.17, 15) is 4.79 Å². The molecule has 0 spiro atoms. The van der Waals surface area contributed by atoms with Gasteiger partial charge in [-0.1, -0.05) is 26.1 Å². The molecule has 0 saturated carbocycles. The van der Waals surface area contributed by atoms with Crippen LogP contribution in [0.15, 0.2) is 0 Å². The molecular weight excluding hydrogens is 310 g/mol. The Morgan fingerprint density at radius 2 is 2.27 bits per heavy atom. The van der Waals surface area contributed by atoms with Crippen LogP contribution in [0.1, 0.15) is 20.8 Å². The molecule has 0 aromatic carbocycles. The summed E-state index contributed by atoms with van der Waals surface area (Å²) in [7, 11) is 1.90. The maximum Gasteiger partial charge on any atom is 0.337 e. The Bertz CT molecular complexity index is 349. The number of carbonyl (C=O) groups is 1. The molecule has 1 aromatic heterocycles. The van der Waals surface area contributed by atoms with Gasteiger partial charge in [0.05, 0.1) is 0 Å². The Hall–Kier alpha value is -0.665. The second kappa shape index (κ2) is 4.91. The second-order valence-electron chi connectivity index (χ2n) is 4.15. The van der Waals surface area contributed by atoms with Gasteiger partial charge >= 0.3 is 5.97 Å². The van der Waals surface area contributed by atoms with Crippen LogP contribution in [0.4, 0.5) is 0 Å². The molecule has 0 aliphatic carbocycles. The minimum absolute atomic E-state index is 0.0256. The van der Waals surface area contributed by atoms with E-state index in [4.69, 9.17) is 0 Å². The van der Waals surface area contributed by atoms with E-state index >= 15 is 0 Å². The lowest BCUT2D eigenvalue weighted by atomic mass is 9.55. The maximum atomic E-state index is 11.0. The van der Waals surface area contributed by atoms with E-state index in [2.05, 4.69) is 18.6 Å². The summed E-state index contributed by atoms with van der Waals surface area (Å²) >= 11 is 1.54. The first-order valence-corrected chi connectivity index (χ1v) is 5.24. The molecule has 81 valence electrons. The van der Waals surface area contributed by atoms with Gasteiger partial charge in [-0.3, -0.25) is 0 Å². The largest absolute Gasteiger partial charge is 0.393 e. The monoisotopic (exact) mass is 321 g/mol. The minimum Gasteiger partial charge on any atom is -0.393 e. The molecule has 15 heavy (non-hydrogen) atoms. The third kappa shape index (κ3) is 4.14. The lowest BCUT2D eigenvalue weighted by molar-refractivity contribution is -0.132. The van der Waals surface area contributed by atoms with Crippen LogP contribution in [0.2, 0.25) is 5.31 Å². The van der Waals surface area contributed by atoms with E-state index in [1.54, 1.807) is 0 Å². The molecule has 0 atom stereocenters. The molecular formula is C7H11BIN4O2. The van der Waals surface area contributed by atoms with Crippen LogP contribution >= 0.6 is 23.0 Å². The summed E-state index contributed by atoms with van der Waals surface area (Å²) in [4.78, 5) is 11.0. The van der Waals surface area contributed by atoms with Gasteiger partial charge in [0.25, 0.3) is 0 Å². The summed E-state index contributed by atoms with van der Waals surface area (Å²) in [5.74, 6) is -0.383. The summed E-state index contributed by atoms with van der Waals surface area (Å²) in [5, 5.41) is 11.0. The first-order valence-electron chi connectivity index (χ1n) is 4.36. The van der Waals surface area contributed by atoms with E-state index in [1.807, 2.05) is 28.1 Å². The Morgan fingerprint density at radius 1 is 1.60 bits per heavy atom. The zero-order valence-electron chi connectivity index (χ0n) is 8.77. The van der Waals surface area contributed by atoms with Crippen molar-refractivity contribution in [3.05, 3.63) is 0 Å². The second-order valence-corrected chi connectivity index (χ2v) is 4.59. The number of hydrogen-bond donors (Lipinski definition) is 0. The number of rotatable bonds is 3. The van der Waals surface area contributed by atoms with Crippen LogP contribution in [0.5, 0.6) is 0 Å². The first-order chi connectivity index (χ1) is 6.92. The molecule has 1 rings (SSSR count). The van der Waals surface area contributed by atoms with Gasteiger partial charge in [-0.15, -0.1) is 5.10 Å². The highest BCUT2D eigenvalue weighted by Gasteiger charge is 2.20. The Labute approximate surface area is 103 Å². The van der Waals surface area contributed by atoms with Gasteiger partial charge in [0.15, 0.2) is 23.0 Å². The minimum atomic E-state index is -0.383. The van der Waals surface area contributed by atoms with Crippen LogP contribution in [0.3, 0.4) is 0 Å². The summed E-state index contributed by atoms with van der Waals surface area (Å²) in [6, 6.07) is 0. The van der Waals surface area contributed by atoms with Crippen LogP contribution < -0.4 is 5.72 Å². The van der Waals surface area contributed by atoms with E-state index in [0.717, 1.165) is 0 Å². The number of halogens is 1. The molecule has 0 amide bonds. The highest BCUT2D eigenvalue weighted by Crippen LogP contribution is 2.18. The van der Waals surface area contributed by atoms with Crippen molar-refractivity contribution in [1.29, 1.82) is 0 Å². The number of carbonyl (C=O) groups excluding carboxylic acids is 1. The van der Waals surface area contributed by atoms with E-state index in [-0.39, 0.29) is 17.8 Å². The average Bonchev–Trinajstić information content (AvgIpc) is 2.50. The third-order valence-corrected chi connectivity index (χ3v) is 1.98. The van der Waals surface area contributed by atoms with Crippen molar-refractivity contribution in [2.45, 2.75) is 32.6 Å². The predicted molar refractivity (Wildman–Crippen MR) is 63.0 cm³/mol. The fourth-order valence-electron chi connectivity index (χ4n) is 0.962. The topological polar surface area (TPSA) is 69.9 Å². The fourth-order valence-corrected chi connectivity index (χ4v) is 1.10. The number of aromatic nitrogens is 4. The van der Waals surface area contributed by atoms with Crippen molar-refractivity contribution < 1.29 is 7.86 Å². The first kappa shape index (κ1) is 12.4. The lowest BCUT2D eigenvalue weighted by Gasteiger charge is -2.14. The molecule has 1 aromatic rings. The highest BCUT2D eigenvalue weighted by atomic mass is 127. The summed E-state index contributed by atoms with van der Waals surface area (Å²) in [6.45, 7) is 6.12. The normalized spacial score (nSPS) is 11.2. The molecule has 1 radical (unpaired) electrons. The van der Waals surface area contributed by atoms with Gasteiger partial charge < -0.3 is 3.07 Å². The van der Waals surface area contributed by atoms with Crippen molar-refractivity contribution >= 4 is 42.0 Å². The molecule has 0 unspecified atom stereocenters. The van der Waals surface area contributed by atoms with Gasteiger partial charge in [0, 0.05) is 0 Å².